The molecule has 140 valence electrons. The normalized spacial score (nSPS) is 32.2. The van der Waals surface area contributed by atoms with Crippen LogP contribution in [0, 0.1) is 17.8 Å². The van der Waals surface area contributed by atoms with Crippen molar-refractivity contribution in [3.05, 3.63) is 23.8 Å². The molecule has 4 nitrogen and oxygen atoms in total. The van der Waals surface area contributed by atoms with Gasteiger partial charge in [0, 0.05) is 18.0 Å². The van der Waals surface area contributed by atoms with Gasteiger partial charge in [-0.3, -0.25) is 0 Å². The molecular formula is C18H24F3NO3. The van der Waals surface area contributed by atoms with E-state index in [1.807, 2.05) is 19.0 Å². The molecular weight excluding hydrogens is 335 g/mol. The summed E-state index contributed by atoms with van der Waals surface area (Å²) in [5.74, 6) is -0.280. The van der Waals surface area contributed by atoms with Crippen LogP contribution in [0.1, 0.15) is 31.2 Å². The largest absolute Gasteiger partial charge is 0.573 e. The molecule has 0 aromatic heterocycles. The maximum absolute atomic E-state index is 12.8. The number of alkyl halides is 3. The fourth-order valence-electron chi connectivity index (χ4n) is 4.72. The highest BCUT2D eigenvalue weighted by atomic mass is 19.4. The van der Waals surface area contributed by atoms with E-state index in [1.165, 1.54) is 6.07 Å². The summed E-state index contributed by atoms with van der Waals surface area (Å²) in [5.41, 5.74) is -1.42. The monoisotopic (exact) mass is 359 g/mol. The average molecular weight is 359 g/mol. The molecule has 2 N–H and O–H groups in total. The fourth-order valence-corrected chi connectivity index (χ4v) is 4.72. The summed E-state index contributed by atoms with van der Waals surface area (Å²) in [5, 5.41) is 21.4. The standard InChI is InChI=1S/C18H24F3NO3/c1-22(2)10-15-12-4-3-11(7-12)9-17(15,24)14-8-13(23)5-6-16(14)25-18(19,20)21/h5-6,8,11-12,15,23-24H,3-4,7,9-10H2,1-2H3/t11-,12+,15-,17-/m0/s1. The van der Waals surface area contributed by atoms with Gasteiger partial charge in [0.2, 0.25) is 0 Å². The lowest BCUT2D eigenvalue weighted by molar-refractivity contribution is -0.275. The van der Waals surface area contributed by atoms with Crippen molar-refractivity contribution < 1.29 is 28.1 Å². The molecule has 0 radical (unpaired) electrons. The number of hydrogen-bond acceptors (Lipinski definition) is 4. The van der Waals surface area contributed by atoms with Crippen LogP contribution >= 0.6 is 0 Å². The van der Waals surface area contributed by atoms with Crippen molar-refractivity contribution >= 4 is 0 Å². The minimum Gasteiger partial charge on any atom is -0.508 e. The van der Waals surface area contributed by atoms with Gasteiger partial charge < -0.3 is 19.8 Å². The van der Waals surface area contributed by atoms with Crippen LogP contribution in [0.3, 0.4) is 0 Å². The van der Waals surface area contributed by atoms with Crippen LogP contribution in [0.5, 0.6) is 11.5 Å². The first-order valence-electron chi connectivity index (χ1n) is 8.55. The van der Waals surface area contributed by atoms with Crippen LogP contribution in [0.2, 0.25) is 0 Å². The van der Waals surface area contributed by atoms with E-state index in [0.29, 0.717) is 13.0 Å². The number of phenolic OH excluding ortho intramolecular Hbond substituents is 1. The van der Waals surface area contributed by atoms with Crippen LogP contribution in [0.15, 0.2) is 18.2 Å². The molecule has 1 aromatic rings. The van der Waals surface area contributed by atoms with Crippen LogP contribution in [0.4, 0.5) is 13.2 Å². The van der Waals surface area contributed by atoms with E-state index in [4.69, 9.17) is 0 Å². The summed E-state index contributed by atoms with van der Waals surface area (Å²) < 4.78 is 42.6. The third kappa shape index (κ3) is 3.72. The Morgan fingerprint density at radius 1 is 1.28 bits per heavy atom. The summed E-state index contributed by atoms with van der Waals surface area (Å²) in [6, 6.07) is 3.44. The summed E-state index contributed by atoms with van der Waals surface area (Å²) in [4.78, 5) is 1.95. The maximum atomic E-state index is 12.8. The smallest absolute Gasteiger partial charge is 0.508 e. The number of hydrogen-bond donors (Lipinski definition) is 2. The van der Waals surface area contributed by atoms with Crippen molar-refractivity contribution in [3.63, 3.8) is 0 Å². The van der Waals surface area contributed by atoms with E-state index in [2.05, 4.69) is 4.74 Å². The van der Waals surface area contributed by atoms with Crippen LogP contribution in [-0.4, -0.2) is 42.1 Å². The van der Waals surface area contributed by atoms with E-state index in [9.17, 15) is 23.4 Å². The number of fused-ring (bicyclic) bond motifs is 2. The lowest BCUT2D eigenvalue weighted by atomic mass is 9.65. The number of rotatable bonds is 4. The molecule has 3 rings (SSSR count). The minimum absolute atomic E-state index is 0.0354. The van der Waals surface area contributed by atoms with Gasteiger partial charge in [-0.2, -0.15) is 0 Å². The summed E-state index contributed by atoms with van der Waals surface area (Å²) in [7, 11) is 3.77. The number of benzene rings is 1. The second-order valence-electron chi connectivity index (χ2n) is 7.66. The van der Waals surface area contributed by atoms with Crippen molar-refractivity contribution in [2.45, 2.75) is 37.6 Å². The van der Waals surface area contributed by atoms with Crippen molar-refractivity contribution in [2.75, 3.05) is 20.6 Å². The zero-order valence-electron chi connectivity index (χ0n) is 14.4. The number of halogens is 3. The molecule has 2 bridgehead atoms. The second kappa shape index (κ2) is 6.36. The van der Waals surface area contributed by atoms with E-state index in [1.54, 1.807) is 0 Å². The molecule has 0 unspecified atom stereocenters. The highest BCUT2D eigenvalue weighted by Gasteiger charge is 2.53. The van der Waals surface area contributed by atoms with E-state index in [-0.39, 0.29) is 29.1 Å². The van der Waals surface area contributed by atoms with Crippen LogP contribution < -0.4 is 4.74 Å². The van der Waals surface area contributed by atoms with E-state index < -0.39 is 17.7 Å². The number of ether oxygens (including phenoxy) is 1. The Balaban J connectivity index is 2.06. The Bertz CT molecular complexity index is 634. The van der Waals surface area contributed by atoms with Crippen molar-refractivity contribution in [3.8, 4) is 11.5 Å². The first-order chi connectivity index (χ1) is 11.6. The minimum atomic E-state index is -4.85. The molecule has 4 atom stereocenters. The average Bonchev–Trinajstić information content (AvgIpc) is 2.87. The van der Waals surface area contributed by atoms with Crippen molar-refractivity contribution in [2.24, 2.45) is 17.8 Å². The van der Waals surface area contributed by atoms with Gasteiger partial charge in [0.25, 0.3) is 0 Å². The van der Waals surface area contributed by atoms with Crippen molar-refractivity contribution in [1.29, 1.82) is 0 Å². The number of aromatic hydroxyl groups is 1. The summed E-state index contributed by atoms with van der Waals surface area (Å²) >= 11 is 0. The summed E-state index contributed by atoms with van der Waals surface area (Å²) in [6.07, 6.45) is -1.52. The Morgan fingerprint density at radius 2 is 2.00 bits per heavy atom. The molecule has 2 saturated carbocycles. The number of phenols is 1. The third-order valence-corrected chi connectivity index (χ3v) is 5.58. The maximum Gasteiger partial charge on any atom is 0.573 e. The van der Waals surface area contributed by atoms with Crippen LogP contribution in [-0.2, 0) is 5.60 Å². The van der Waals surface area contributed by atoms with Gasteiger partial charge in [0.15, 0.2) is 0 Å². The zero-order chi connectivity index (χ0) is 18.4. The molecule has 0 aliphatic heterocycles. The third-order valence-electron chi connectivity index (χ3n) is 5.58. The van der Waals surface area contributed by atoms with Crippen LogP contribution in [0.25, 0.3) is 0 Å². The first-order valence-corrected chi connectivity index (χ1v) is 8.55. The lowest BCUT2D eigenvalue weighted by Crippen LogP contribution is -2.47. The molecule has 2 fully saturated rings. The van der Waals surface area contributed by atoms with Gasteiger partial charge in [-0.05, 0) is 63.4 Å². The van der Waals surface area contributed by atoms with Gasteiger partial charge in [-0.25, -0.2) is 0 Å². The predicted octanol–water partition coefficient (Wildman–Crippen LogP) is 3.48. The molecule has 1 aromatic carbocycles. The number of nitrogens with zero attached hydrogens (tertiary/aromatic N) is 1. The van der Waals surface area contributed by atoms with Crippen molar-refractivity contribution in [1.82, 2.24) is 4.90 Å². The molecule has 2 aliphatic rings. The SMILES string of the molecule is CN(C)C[C@H]1[C@@H]2CC[C@@H](C2)C[C@]1(O)c1cc(O)ccc1OC(F)(F)F. The molecule has 7 heteroatoms. The number of aliphatic hydroxyl groups is 1. The Kier molecular flexibility index (Phi) is 4.66. The van der Waals surface area contributed by atoms with Gasteiger partial charge >= 0.3 is 6.36 Å². The fraction of sp³-hybridized carbons (Fsp3) is 0.667. The lowest BCUT2D eigenvalue weighted by Gasteiger charge is -2.46. The topological polar surface area (TPSA) is 52.9 Å². The molecule has 0 amide bonds. The highest BCUT2D eigenvalue weighted by molar-refractivity contribution is 5.44. The van der Waals surface area contributed by atoms with E-state index in [0.717, 1.165) is 31.4 Å². The quantitative estimate of drug-likeness (QED) is 0.864. The van der Waals surface area contributed by atoms with Gasteiger partial charge in [0.1, 0.15) is 11.5 Å². The van der Waals surface area contributed by atoms with Gasteiger partial charge in [-0.1, -0.05) is 6.42 Å². The predicted molar refractivity (Wildman–Crippen MR) is 86.2 cm³/mol. The Labute approximate surface area is 145 Å². The summed E-state index contributed by atoms with van der Waals surface area (Å²) in [6.45, 7) is 0.564. The van der Waals surface area contributed by atoms with E-state index >= 15 is 0 Å². The molecule has 2 aliphatic carbocycles. The molecule has 25 heavy (non-hydrogen) atoms. The van der Waals surface area contributed by atoms with Gasteiger partial charge in [-0.15, -0.1) is 13.2 Å². The Hall–Kier alpha value is -1.47. The van der Waals surface area contributed by atoms with Gasteiger partial charge in [0.05, 0.1) is 5.60 Å². The molecule has 0 saturated heterocycles. The molecule has 0 spiro atoms. The highest BCUT2D eigenvalue weighted by Crippen LogP contribution is 2.56. The second-order valence-corrected chi connectivity index (χ2v) is 7.66. The first kappa shape index (κ1) is 18.3. The zero-order valence-corrected chi connectivity index (χ0v) is 14.4. The molecule has 0 heterocycles. The Morgan fingerprint density at radius 3 is 2.64 bits per heavy atom.